The molecule has 0 radical (unpaired) electrons. The number of hydrogen-bond donors (Lipinski definition) is 0. The molecule has 15 heavy (non-hydrogen) atoms. The average molecular weight is 271 g/mol. The predicted molar refractivity (Wildman–Crippen MR) is 61.2 cm³/mol. The van der Waals surface area contributed by atoms with E-state index in [-0.39, 0.29) is 0 Å². The molecule has 0 aliphatic rings. The number of carbonyl (C=O) groups excluding carboxylic acids is 1. The van der Waals surface area contributed by atoms with Crippen LogP contribution in [0.4, 0.5) is 0 Å². The molecule has 0 saturated heterocycles. The third kappa shape index (κ3) is 2.83. The number of esters is 1. The summed E-state index contributed by atoms with van der Waals surface area (Å²) in [6.07, 6.45) is 1.61. The molecule has 1 aromatic rings. The van der Waals surface area contributed by atoms with Crippen LogP contribution in [-0.2, 0) is 4.74 Å². The van der Waals surface area contributed by atoms with Gasteiger partial charge in [-0.3, -0.25) is 0 Å². The summed E-state index contributed by atoms with van der Waals surface area (Å²) < 4.78 is 10.7. The first-order valence-corrected chi connectivity index (χ1v) is 5.10. The van der Waals surface area contributed by atoms with Gasteiger partial charge in [-0.05, 0) is 28.1 Å². The number of halogens is 1. The molecular weight excluding hydrogens is 260 g/mol. The largest absolute Gasteiger partial charge is 0.487 e. The molecule has 0 bridgehead atoms. The van der Waals surface area contributed by atoms with Gasteiger partial charge in [0.15, 0.2) is 0 Å². The van der Waals surface area contributed by atoms with Crippen LogP contribution in [0.15, 0.2) is 35.3 Å². The van der Waals surface area contributed by atoms with Crippen molar-refractivity contribution in [3.8, 4) is 5.75 Å². The Morgan fingerprint density at radius 2 is 2.33 bits per heavy atom. The number of hydrogen-bond acceptors (Lipinski definition) is 3. The SMILES string of the molecule is C=CCOc1c(Br)cccc1C(=O)OC. The summed E-state index contributed by atoms with van der Waals surface area (Å²) in [6.45, 7) is 3.88. The maximum Gasteiger partial charge on any atom is 0.341 e. The van der Waals surface area contributed by atoms with Crippen molar-refractivity contribution in [3.63, 3.8) is 0 Å². The highest BCUT2D eigenvalue weighted by Gasteiger charge is 2.14. The molecule has 4 heteroatoms. The number of carbonyl (C=O) groups is 1. The molecule has 0 saturated carbocycles. The number of para-hydroxylation sites is 1. The summed E-state index contributed by atoms with van der Waals surface area (Å²) >= 11 is 3.31. The second-order valence-corrected chi connectivity index (χ2v) is 3.56. The lowest BCUT2D eigenvalue weighted by molar-refractivity contribution is 0.0596. The van der Waals surface area contributed by atoms with Gasteiger partial charge in [-0.25, -0.2) is 4.79 Å². The molecule has 0 aromatic heterocycles. The minimum Gasteiger partial charge on any atom is -0.487 e. The zero-order valence-electron chi connectivity index (χ0n) is 8.33. The van der Waals surface area contributed by atoms with Gasteiger partial charge in [0.1, 0.15) is 17.9 Å². The summed E-state index contributed by atoms with van der Waals surface area (Å²) in [4.78, 5) is 11.4. The second kappa shape index (κ2) is 5.56. The van der Waals surface area contributed by atoms with Crippen molar-refractivity contribution in [2.45, 2.75) is 0 Å². The van der Waals surface area contributed by atoms with Crippen LogP contribution in [0, 0.1) is 0 Å². The smallest absolute Gasteiger partial charge is 0.341 e. The fraction of sp³-hybridized carbons (Fsp3) is 0.182. The first kappa shape index (κ1) is 11.8. The third-order valence-corrected chi connectivity index (χ3v) is 2.34. The first-order chi connectivity index (χ1) is 7.20. The highest BCUT2D eigenvalue weighted by molar-refractivity contribution is 9.10. The molecule has 3 nitrogen and oxygen atoms in total. The summed E-state index contributed by atoms with van der Waals surface area (Å²) in [5, 5.41) is 0. The van der Waals surface area contributed by atoms with Crippen molar-refractivity contribution in [1.82, 2.24) is 0 Å². The monoisotopic (exact) mass is 270 g/mol. The van der Waals surface area contributed by atoms with Gasteiger partial charge in [-0.1, -0.05) is 18.7 Å². The zero-order valence-corrected chi connectivity index (χ0v) is 9.91. The minimum absolute atomic E-state index is 0.340. The van der Waals surface area contributed by atoms with E-state index in [1.54, 1.807) is 24.3 Å². The number of benzene rings is 1. The number of ether oxygens (including phenoxy) is 2. The van der Waals surface area contributed by atoms with E-state index in [1.807, 2.05) is 0 Å². The average Bonchev–Trinajstić information content (AvgIpc) is 2.26. The minimum atomic E-state index is -0.421. The van der Waals surface area contributed by atoms with Crippen LogP contribution in [0.2, 0.25) is 0 Å². The molecule has 0 amide bonds. The van der Waals surface area contributed by atoms with Gasteiger partial charge in [0.25, 0.3) is 0 Å². The normalized spacial score (nSPS) is 9.47. The van der Waals surface area contributed by atoms with Crippen molar-refractivity contribution in [2.75, 3.05) is 13.7 Å². The van der Waals surface area contributed by atoms with Gasteiger partial charge in [-0.15, -0.1) is 0 Å². The van der Waals surface area contributed by atoms with E-state index in [1.165, 1.54) is 7.11 Å². The Labute approximate surface area is 96.8 Å². The van der Waals surface area contributed by atoms with Crippen molar-refractivity contribution in [2.24, 2.45) is 0 Å². The maximum atomic E-state index is 11.4. The summed E-state index contributed by atoms with van der Waals surface area (Å²) in [6, 6.07) is 5.19. The number of rotatable bonds is 4. The third-order valence-electron chi connectivity index (χ3n) is 1.72. The summed E-state index contributed by atoms with van der Waals surface area (Å²) in [7, 11) is 1.33. The van der Waals surface area contributed by atoms with Gasteiger partial charge < -0.3 is 9.47 Å². The molecular formula is C11H11BrO3. The van der Waals surface area contributed by atoms with Crippen LogP contribution < -0.4 is 4.74 Å². The Balaban J connectivity index is 3.07. The fourth-order valence-electron chi connectivity index (χ4n) is 1.07. The highest BCUT2D eigenvalue weighted by Crippen LogP contribution is 2.29. The van der Waals surface area contributed by atoms with Crippen LogP contribution in [0.25, 0.3) is 0 Å². The van der Waals surface area contributed by atoms with Gasteiger partial charge in [0, 0.05) is 0 Å². The van der Waals surface area contributed by atoms with Gasteiger partial charge in [0.2, 0.25) is 0 Å². The molecule has 0 aliphatic heterocycles. The highest BCUT2D eigenvalue weighted by atomic mass is 79.9. The molecule has 0 atom stereocenters. The van der Waals surface area contributed by atoms with Gasteiger partial charge >= 0.3 is 5.97 Å². The molecule has 0 aliphatic carbocycles. The van der Waals surface area contributed by atoms with Crippen LogP contribution in [0.1, 0.15) is 10.4 Å². The van der Waals surface area contributed by atoms with Crippen LogP contribution >= 0.6 is 15.9 Å². The Morgan fingerprint density at radius 1 is 1.60 bits per heavy atom. The molecule has 1 rings (SSSR count). The molecule has 1 aromatic carbocycles. The molecule has 0 spiro atoms. The molecule has 0 heterocycles. The Bertz CT molecular complexity index is 374. The van der Waals surface area contributed by atoms with E-state index < -0.39 is 5.97 Å². The zero-order chi connectivity index (χ0) is 11.3. The van der Waals surface area contributed by atoms with Gasteiger partial charge in [-0.2, -0.15) is 0 Å². The summed E-state index contributed by atoms with van der Waals surface area (Å²) in [5.41, 5.74) is 0.397. The first-order valence-electron chi connectivity index (χ1n) is 4.31. The van der Waals surface area contributed by atoms with E-state index in [4.69, 9.17) is 4.74 Å². The van der Waals surface area contributed by atoms with Crippen molar-refractivity contribution in [1.29, 1.82) is 0 Å². The van der Waals surface area contributed by atoms with Crippen molar-refractivity contribution in [3.05, 3.63) is 40.9 Å². The lowest BCUT2D eigenvalue weighted by Crippen LogP contribution is -2.06. The molecule has 0 unspecified atom stereocenters. The van der Waals surface area contributed by atoms with E-state index in [2.05, 4.69) is 27.2 Å². The standard InChI is InChI=1S/C11H11BrO3/c1-3-7-15-10-8(11(13)14-2)5-4-6-9(10)12/h3-6H,1,7H2,2H3. The summed E-state index contributed by atoms with van der Waals surface area (Å²) in [5.74, 6) is 0.0552. The Morgan fingerprint density at radius 3 is 2.93 bits per heavy atom. The quantitative estimate of drug-likeness (QED) is 0.624. The van der Waals surface area contributed by atoms with Crippen LogP contribution in [0.3, 0.4) is 0 Å². The molecule has 0 fully saturated rings. The van der Waals surface area contributed by atoms with E-state index in [0.717, 1.165) is 0 Å². The fourth-order valence-corrected chi connectivity index (χ4v) is 1.55. The second-order valence-electron chi connectivity index (χ2n) is 2.71. The topological polar surface area (TPSA) is 35.5 Å². The van der Waals surface area contributed by atoms with Crippen LogP contribution in [0.5, 0.6) is 5.75 Å². The maximum absolute atomic E-state index is 11.4. The molecule has 0 N–H and O–H groups in total. The van der Waals surface area contributed by atoms with E-state index in [0.29, 0.717) is 22.4 Å². The van der Waals surface area contributed by atoms with E-state index >= 15 is 0 Å². The lowest BCUT2D eigenvalue weighted by Gasteiger charge is -2.10. The van der Waals surface area contributed by atoms with Crippen molar-refractivity contribution >= 4 is 21.9 Å². The van der Waals surface area contributed by atoms with Crippen LogP contribution in [-0.4, -0.2) is 19.7 Å². The van der Waals surface area contributed by atoms with Crippen molar-refractivity contribution < 1.29 is 14.3 Å². The Hall–Kier alpha value is -1.29. The lowest BCUT2D eigenvalue weighted by atomic mass is 10.2. The number of methoxy groups -OCH3 is 1. The van der Waals surface area contributed by atoms with Gasteiger partial charge in [0.05, 0.1) is 11.6 Å². The molecule has 80 valence electrons. The predicted octanol–water partition coefficient (Wildman–Crippen LogP) is 2.80. The van der Waals surface area contributed by atoms with E-state index in [9.17, 15) is 4.79 Å². The Kier molecular flexibility index (Phi) is 4.37.